The fourth-order valence-corrected chi connectivity index (χ4v) is 6.36. The van der Waals surface area contributed by atoms with Gasteiger partial charge >= 0.3 is 0 Å². The number of hydrogen-bond donors (Lipinski definition) is 1. The van der Waals surface area contributed by atoms with Gasteiger partial charge in [0.2, 0.25) is 0 Å². The van der Waals surface area contributed by atoms with Gasteiger partial charge in [0.05, 0.1) is 0 Å². The van der Waals surface area contributed by atoms with Gasteiger partial charge in [0, 0.05) is 50.6 Å². The molecule has 1 unspecified atom stereocenters. The Morgan fingerprint density at radius 3 is 2.70 bits per heavy atom. The van der Waals surface area contributed by atoms with Gasteiger partial charge in [-0.15, -0.1) is 11.3 Å². The lowest BCUT2D eigenvalue weighted by Crippen LogP contribution is -2.46. The Labute approximate surface area is 168 Å². The van der Waals surface area contributed by atoms with Gasteiger partial charge in [-0.1, -0.05) is 20.8 Å². The fourth-order valence-electron chi connectivity index (χ4n) is 3.40. The second-order valence-electron chi connectivity index (χ2n) is 6.99. The molecule has 0 radical (unpaired) electrons. The summed E-state index contributed by atoms with van der Waals surface area (Å²) in [5.74, 6) is 1.68. The predicted molar refractivity (Wildman–Crippen MR) is 114 cm³/mol. The summed E-state index contributed by atoms with van der Waals surface area (Å²) in [6.45, 7) is 12.7. The SMILES string of the molecule is CCNC(=NCCc1ccc(S(=O)(=O)N(CC)CC)s1)N1CCCC(C)C1. The molecule has 1 saturated heterocycles. The van der Waals surface area contributed by atoms with E-state index in [0.717, 1.165) is 36.9 Å². The van der Waals surface area contributed by atoms with Gasteiger partial charge < -0.3 is 10.2 Å². The number of nitrogens with one attached hydrogen (secondary N) is 1. The normalized spacial score (nSPS) is 18.9. The molecule has 1 aromatic heterocycles. The number of piperidine rings is 1. The Bertz CT molecular complexity index is 711. The van der Waals surface area contributed by atoms with Crippen LogP contribution in [0.1, 0.15) is 45.4 Å². The minimum Gasteiger partial charge on any atom is -0.357 e. The predicted octanol–water partition coefficient (Wildman–Crippen LogP) is 3.02. The van der Waals surface area contributed by atoms with Crippen molar-refractivity contribution in [2.24, 2.45) is 10.9 Å². The van der Waals surface area contributed by atoms with Crippen LogP contribution in [-0.4, -0.2) is 62.9 Å². The van der Waals surface area contributed by atoms with Crippen LogP contribution in [0.5, 0.6) is 0 Å². The maximum absolute atomic E-state index is 12.6. The minimum atomic E-state index is -3.36. The number of rotatable bonds is 8. The van der Waals surface area contributed by atoms with E-state index in [4.69, 9.17) is 4.99 Å². The molecular weight excluding hydrogens is 380 g/mol. The molecule has 1 atom stereocenters. The van der Waals surface area contributed by atoms with Crippen LogP contribution in [0.2, 0.25) is 0 Å². The number of sulfonamides is 1. The van der Waals surface area contributed by atoms with Crippen molar-refractivity contribution in [3.05, 3.63) is 17.0 Å². The van der Waals surface area contributed by atoms with E-state index in [9.17, 15) is 8.42 Å². The van der Waals surface area contributed by atoms with E-state index in [1.807, 2.05) is 19.9 Å². The number of hydrogen-bond acceptors (Lipinski definition) is 4. The Hall–Kier alpha value is -1.12. The van der Waals surface area contributed by atoms with Crippen molar-refractivity contribution in [1.29, 1.82) is 0 Å². The summed E-state index contributed by atoms with van der Waals surface area (Å²) >= 11 is 1.37. The first kappa shape index (κ1) is 22.2. The van der Waals surface area contributed by atoms with Crippen LogP contribution in [0.25, 0.3) is 0 Å². The quantitative estimate of drug-likeness (QED) is 0.525. The summed E-state index contributed by atoms with van der Waals surface area (Å²) in [7, 11) is -3.36. The monoisotopic (exact) mass is 414 g/mol. The highest BCUT2D eigenvalue weighted by molar-refractivity contribution is 7.91. The smallest absolute Gasteiger partial charge is 0.252 e. The highest BCUT2D eigenvalue weighted by Gasteiger charge is 2.23. The molecule has 0 amide bonds. The van der Waals surface area contributed by atoms with Crippen molar-refractivity contribution in [2.45, 2.75) is 51.2 Å². The molecule has 154 valence electrons. The number of nitrogens with zero attached hydrogens (tertiary/aromatic N) is 3. The maximum atomic E-state index is 12.6. The Morgan fingerprint density at radius 2 is 2.07 bits per heavy atom. The van der Waals surface area contributed by atoms with Crippen molar-refractivity contribution in [2.75, 3.05) is 39.3 Å². The lowest BCUT2D eigenvalue weighted by atomic mass is 10.0. The molecule has 0 aliphatic carbocycles. The van der Waals surface area contributed by atoms with Crippen LogP contribution < -0.4 is 5.32 Å². The third-order valence-corrected chi connectivity index (χ3v) is 8.51. The number of likely N-dealkylation sites (tertiary alicyclic amines) is 1. The highest BCUT2D eigenvalue weighted by atomic mass is 32.2. The average Bonchev–Trinajstić information content (AvgIpc) is 3.11. The van der Waals surface area contributed by atoms with Crippen LogP contribution in [0.3, 0.4) is 0 Å². The van der Waals surface area contributed by atoms with Gasteiger partial charge in [-0.05, 0) is 37.8 Å². The number of thiophene rings is 1. The van der Waals surface area contributed by atoms with Crippen LogP contribution in [0.4, 0.5) is 0 Å². The first-order valence-electron chi connectivity index (χ1n) is 10.0. The van der Waals surface area contributed by atoms with Gasteiger partial charge in [-0.2, -0.15) is 4.31 Å². The third-order valence-electron chi connectivity index (χ3n) is 4.85. The van der Waals surface area contributed by atoms with E-state index >= 15 is 0 Å². The average molecular weight is 415 g/mol. The highest BCUT2D eigenvalue weighted by Crippen LogP contribution is 2.25. The molecule has 0 aromatic carbocycles. The zero-order chi connectivity index (χ0) is 19.9. The van der Waals surface area contributed by atoms with E-state index in [1.165, 1.54) is 28.5 Å². The van der Waals surface area contributed by atoms with Gasteiger partial charge in [-0.25, -0.2) is 8.42 Å². The summed E-state index contributed by atoms with van der Waals surface area (Å²) in [6.07, 6.45) is 3.26. The zero-order valence-corrected chi connectivity index (χ0v) is 18.7. The number of guanidine groups is 1. The molecule has 2 rings (SSSR count). The summed E-state index contributed by atoms with van der Waals surface area (Å²) < 4.78 is 27.1. The Kier molecular flexibility index (Phi) is 8.57. The second-order valence-corrected chi connectivity index (χ2v) is 10.3. The molecule has 0 spiro atoms. The number of aliphatic imine (C=N–C) groups is 1. The lowest BCUT2D eigenvalue weighted by molar-refractivity contribution is 0.266. The molecule has 8 heteroatoms. The van der Waals surface area contributed by atoms with E-state index < -0.39 is 10.0 Å². The Morgan fingerprint density at radius 1 is 1.33 bits per heavy atom. The summed E-state index contributed by atoms with van der Waals surface area (Å²) in [4.78, 5) is 8.20. The molecule has 1 aromatic rings. The van der Waals surface area contributed by atoms with Gasteiger partial charge in [0.1, 0.15) is 4.21 Å². The van der Waals surface area contributed by atoms with Crippen LogP contribution >= 0.6 is 11.3 Å². The molecular formula is C19H34N4O2S2. The largest absolute Gasteiger partial charge is 0.357 e. The van der Waals surface area contributed by atoms with E-state index in [0.29, 0.717) is 29.8 Å². The third kappa shape index (κ3) is 5.93. The van der Waals surface area contributed by atoms with Gasteiger partial charge in [0.25, 0.3) is 10.0 Å². The lowest BCUT2D eigenvalue weighted by Gasteiger charge is -2.33. The summed E-state index contributed by atoms with van der Waals surface area (Å²) in [5.41, 5.74) is 0. The van der Waals surface area contributed by atoms with Crippen LogP contribution in [0, 0.1) is 5.92 Å². The van der Waals surface area contributed by atoms with Crippen molar-refractivity contribution in [1.82, 2.24) is 14.5 Å². The molecule has 27 heavy (non-hydrogen) atoms. The Balaban J connectivity index is 2.01. The van der Waals surface area contributed by atoms with Gasteiger partial charge in [-0.3, -0.25) is 4.99 Å². The van der Waals surface area contributed by atoms with E-state index in [2.05, 4.69) is 24.1 Å². The molecule has 0 saturated carbocycles. The van der Waals surface area contributed by atoms with Crippen molar-refractivity contribution >= 4 is 27.3 Å². The second kappa shape index (κ2) is 10.4. The van der Waals surface area contributed by atoms with Crippen molar-refractivity contribution in [3.8, 4) is 0 Å². The minimum absolute atomic E-state index is 0.432. The maximum Gasteiger partial charge on any atom is 0.252 e. The van der Waals surface area contributed by atoms with Crippen molar-refractivity contribution in [3.63, 3.8) is 0 Å². The molecule has 2 heterocycles. The van der Waals surface area contributed by atoms with Crippen LogP contribution in [-0.2, 0) is 16.4 Å². The first-order valence-corrected chi connectivity index (χ1v) is 12.3. The summed E-state index contributed by atoms with van der Waals surface area (Å²) in [6, 6.07) is 3.65. The summed E-state index contributed by atoms with van der Waals surface area (Å²) in [5, 5.41) is 3.40. The standard InChI is InChI=1S/C19H34N4O2S2/c1-5-20-19(22-14-8-9-16(4)15-22)21-13-12-17-10-11-18(26-17)27(24,25)23(6-2)7-3/h10-11,16H,5-9,12-15H2,1-4H3,(H,20,21). The van der Waals surface area contributed by atoms with Crippen LogP contribution in [0.15, 0.2) is 21.3 Å². The molecule has 1 fully saturated rings. The van der Waals surface area contributed by atoms with E-state index in [1.54, 1.807) is 6.07 Å². The first-order chi connectivity index (χ1) is 12.9. The van der Waals surface area contributed by atoms with E-state index in [-0.39, 0.29) is 0 Å². The zero-order valence-electron chi connectivity index (χ0n) is 17.1. The van der Waals surface area contributed by atoms with Crippen molar-refractivity contribution < 1.29 is 8.42 Å². The molecule has 1 aliphatic rings. The molecule has 6 nitrogen and oxygen atoms in total. The molecule has 0 bridgehead atoms. The topological polar surface area (TPSA) is 65.0 Å². The molecule has 1 aliphatic heterocycles. The fraction of sp³-hybridized carbons (Fsp3) is 0.737. The van der Waals surface area contributed by atoms with Gasteiger partial charge in [0.15, 0.2) is 5.96 Å². The molecule has 1 N–H and O–H groups in total.